The molecule has 0 aliphatic rings. The number of amides is 1. The van der Waals surface area contributed by atoms with Crippen molar-refractivity contribution < 1.29 is 14.3 Å². The second kappa shape index (κ2) is 8.57. The summed E-state index contributed by atoms with van der Waals surface area (Å²) < 4.78 is 12.1. The van der Waals surface area contributed by atoms with Crippen LogP contribution in [-0.4, -0.2) is 35.2 Å². The van der Waals surface area contributed by atoms with Crippen LogP contribution in [0.15, 0.2) is 47.7 Å². The van der Waals surface area contributed by atoms with E-state index in [-0.39, 0.29) is 18.1 Å². The molecule has 0 spiro atoms. The Morgan fingerprint density at radius 3 is 2.52 bits per heavy atom. The van der Waals surface area contributed by atoms with Crippen molar-refractivity contribution in [3.05, 3.63) is 53.2 Å². The van der Waals surface area contributed by atoms with Crippen molar-refractivity contribution in [1.29, 1.82) is 0 Å². The van der Waals surface area contributed by atoms with Crippen LogP contribution in [0.1, 0.15) is 6.92 Å². The Bertz CT molecular complexity index is 682. The van der Waals surface area contributed by atoms with Crippen molar-refractivity contribution in [2.45, 2.75) is 13.5 Å². The Kier molecular flexibility index (Phi) is 6.17. The third-order valence-corrected chi connectivity index (χ3v) is 2.97. The molecule has 1 N–H and O–H groups in total. The van der Waals surface area contributed by atoms with Gasteiger partial charge in [0.15, 0.2) is 6.61 Å². The molecule has 0 aliphatic heterocycles. The van der Waals surface area contributed by atoms with Crippen LogP contribution in [0.4, 0.5) is 0 Å². The van der Waals surface area contributed by atoms with Crippen LogP contribution >= 0.6 is 0 Å². The molecule has 0 unspecified atom stereocenters. The van der Waals surface area contributed by atoms with Gasteiger partial charge in [-0.3, -0.25) is 14.2 Å². The number of nitrogens with zero attached hydrogens (tertiary/aromatic N) is 2. The summed E-state index contributed by atoms with van der Waals surface area (Å²) in [5, 5.41) is 2.68. The molecule has 1 heterocycles. The Hall–Kier alpha value is -2.83. The summed E-state index contributed by atoms with van der Waals surface area (Å²) in [5.41, 5.74) is -0.153. The number of benzene rings is 1. The minimum Gasteiger partial charge on any atom is -0.494 e. The number of ether oxygens (including phenoxy) is 2. The molecular weight excluding hydrogens is 298 g/mol. The zero-order valence-electron chi connectivity index (χ0n) is 12.9. The van der Waals surface area contributed by atoms with Gasteiger partial charge in [0.05, 0.1) is 12.9 Å². The number of hydrogen-bond acceptors (Lipinski definition) is 5. The van der Waals surface area contributed by atoms with Crippen LogP contribution in [0.5, 0.6) is 11.5 Å². The first-order valence-electron chi connectivity index (χ1n) is 7.32. The van der Waals surface area contributed by atoms with Gasteiger partial charge in [-0.2, -0.15) is 0 Å². The fraction of sp³-hybridized carbons (Fsp3) is 0.312. The topological polar surface area (TPSA) is 82.4 Å². The molecule has 2 rings (SSSR count). The zero-order chi connectivity index (χ0) is 16.5. The first kappa shape index (κ1) is 16.5. The van der Waals surface area contributed by atoms with Crippen molar-refractivity contribution >= 4 is 5.91 Å². The summed E-state index contributed by atoms with van der Waals surface area (Å²) in [4.78, 5) is 27.0. The molecule has 0 atom stereocenters. The normalized spacial score (nSPS) is 10.1. The van der Waals surface area contributed by atoms with E-state index in [1.165, 1.54) is 23.2 Å². The predicted octanol–water partition coefficient (Wildman–Crippen LogP) is 0.837. The molecule has 1 amide bonds. The molecule has 0 saturated carbocycles. The maximum Gasteiger partial charge on any atom is 0.258 e. The number of carbonyl (C=O) groups is 1. The standard InChI is InChI=1S/C16H19N3O4/c1-2-22-13-3-5-14(6-4-13)23-11-15(20)18-9-10-19-12-17-8-7-16(19)21/h3-8,12H,2,9-11H2,1H3,(H,18,20). The minimum absolute atomic E-state index is 0.0874. The van der Waals surface area contributed by atoms with Gasteiger partial charge in [0, 0.05) is 25.4 Å². The molecule has 0 fully saturated rings. The van der Waals surface area contributed by atoms with Gasteiger partial charge in [0.25, 0.3) is 11.5 Å². The average Bonchev–Trinajstić information content (AvgIpc) is 2.56. The van der Waals surface area contributed by atoms with Crippen LogP contribution in [-0.2, 0) is 11.3 Å². The van der Waals surface area contributed by atoms with E-state index in [2.05, 4.69) is 10.3 Å². The summed E-state index contributed by atoms with van der Waals surface area (Å²) in [7, 11) is 0. The molecule has 122 valence electrons. The minimum atomic E-state index is -0.254. The summed E-state index contributed by atoms with van der Waals surface area (Å²) in [6, 6.07) is 8.43. The molecule has 1 aromatic carbocycles. The van der Waals surface area contributed by atoms with Crippen molar-refractivity contribution in [1.82, 2.24) is 14.9 Å². The summed E-state index contributed by atoms with van der Waals surface area (Å²) in [5.74, 6) is 1.09. The van der Waals surface area contributed by atoms with Crippen LogP contribution in [0.3, 0.4) is 0 Å². The highest BCUT2D eigenvalue weighted by Gasteiger charge is 2.03. The average molecular weight is 317 g/mol. The molecule has 1 aromatic heterocycles. The fourth-order valence-electron chi connectivity index (χ4n) is 1.86. The van der Waals surface area contributed by atoms with E-state index in [4.69, 9.17) is 9.47 Å². The third-order valence-electron chi connectivity index (χ3n) is 2.97. The maximum absolute atomic E-state index is 11.7. The molecule has 2 aromatic rings. The first-order chi connectivity index (χ1) is 11.2. The number of hydrogen-bond donors (Lipinski definition) is 1. The zero-order valence-corrected chi connectivity index (χ0v) is 12.9. The number of carbonyl (C=O) groups excluding carboxylic acids is 1. The van der Waals surface area contributed by atoms with Crippen LogP contribution in [0.2, 0.25) is 0 Å². The second-order valence-corrected chi connectivity index (χ2v) is 4.65. The van der Waals surface area contributed by atoms with Gasteiger partial charge in [-0.25, -0.2) is 4.98 Å². The summed E-state index contributed by atoms with van der Waals surface area (Å²) in [6.45, 7) is 3.12. The van der Waals surface area contributed by atoms with Crippen LogP contribution in [0.25, 0.3) is 0 Å². The molecule has 7 heteroatoms. The lowest BCUT2D eigenvalue weighted by atomic mass is 10.3. The summed E-state index contributed by atoms with van der Waals surface area (Å²) >= 11 is 0. The van der Waals surface area contributed by atoms with Crippen molar-refractivity contribution in [2.24, 2.45) is 0 Å². The van der Waals surface area contributed by atoms with E-state index in [9.17, 15) is 9.59 Å². The number of aromatic nitrogens is 2. The highest BCUT2D eigenvalue weighted by molar-refractivity contribution is 5.77. The first-order valence-corrected chi connectivity index (χ1v) is 7.32. The molecule has 0 bridgehead atoms. The fourth-order valence-corrected chi connectivity index (χ4v) is 1.86. The SMILES string of the molecule is CCOc1ccc(OCC(=O)NCCn2cnccc2=O)cc1. The van der Waals surface area contributed by atoms with E-state index < -0.39 is 0 Å². The second-order valence-electron chi connectivity index (χ2n) is 4.65. The van der Waals surface area contributed by atoms with Crippen LogP contribution < -0.4 is 20.3 Å². The highest BCUT2D eigenvalue weighted by atomic mass is 16.5. The largest absolute Gasteiger partial charge is 0.494 e. The van der Waals surface area contributed by atoms with Gasteiger partial charge < -0.3 is 14.8 Å². The van der Waals surface area contributed by atoms with Gasteiger partial charge in [0.2, 0.25) is 0 Å². The van der Waals surface area contributed by atoms with Crippen molar-refractivity contribution in [3.8, 4) is 11.5 Å². The molecule has 0 saturated heterocycles. The Morgan fingerprint density at radius 2 is 1.87 bits per heavy atom. The van der Waals surface area contributed by atoms with Gasteiger partial charge in [-0.15, -0.1) is 0 Å². The Morgan fingerprint density at radius 1 is 1.17 bits per heavy atom. The van der Waals surface area contributed by atoms with Gasteiger partial charge >= 0.3 is 0 Å². The third kappa shape index (κ3) is 5.46. The van der Waals surface area contributed by atoms with Crippen molar-refractivity contribution in [3.63, 3.8) is 0 Å². The lowest BCUT2D eigenvalue weighted by Gasteiger charge is -2.09. The van der Waals surface area contributed by atoms with E-state index in [1.807, 2.05) is 6.92 Å². The smallest absolute Gasteiger partial charge is 0.258 e. The monoisotopic (exact) mass is 317 g/mol. The lowest BCUT2D eigenvalue weighted by molar-refractivity contribution is -0.123. The molecular formula is C16H19N3O4. The molecule has 23 heavy (non-hydrogen) atoms. The van der Waals surface area contributed by atoms with E-state index in [0.29, 0.717) is 25.4 Å². The Balaban J connectivity index is 1.70. The lowest BCUT2D eigenvalue weighted by Crippen LogP contribution is -2.33. The quantitative estimate of drug-likeness (QED) is 0.780. The Labute approximate surface area is 133 Å². The van der Waals surface area contributed by atoms with Crippen molar-refractivity contribution in [2.75, 3.05) is 19.8 Å². The molecule has 7 nitrogen and oxygen atoms in total. The summed E-state index contributed by atoms with van der Waals surface area (Å²) in [6.07, 6.45) is 2.87. The highest BCUT2D eigenvalue weighted by Crippen LogP contribution is 2.17. The van der Waals surface area contributed by atoms with E-state index >= 15 is 0 Å². The van der Waals surface area contributed by atoms with Gasteiger partial charge in [-0.1, -0.05) is 0 Å². The molecule has 0 aliphatic carbocycles. The van der Waals surface area contributed by atoms with Gasteiger partial charge in [0.1, 0.15) is 11.5 Å². The van der Waals surface area contributed by atoms with E-state index in [0.717, 1.165) is 5.75 Å². The number of nitrogens with one attached hydrogen (secondary N) is 1. The van der Waals surface area contributed by atoms with Crippen LogP contribution in [0, 0.1) is 0 Å². The molecule has 0 radical (unpaired) electrons. The number of rotatable bonds is 8. The van der Waals surface area contributed by atoms with Gasteiger partial charge in [-0.05, 0) is 31.2 Å². The maximum atomic E-state index is 11.7. The van der Waals surface area contributed by atoms with E-state index in [1.54, 1.807) is 24.3 Å². The predicted molar refractivity (Wildman–Crippen MR) is 84.6 cm³/mol.